The van der Waals surface area contributed by atoms with Crippen LogP contribution in [0.2, 0.25) is 5.02 Å². The van der Waals surface area contributed by atoms with Gasteiger partial charge in [0.25, 0.3) is 0 Å². The van der Waals surface area contributed by atoms with Gasteiger partial charge in [-0.1, -0.05) is 17.7 Å². The molecule has 2 rings (SSSR count). The summed E-state index contributed by atoms with van der Waals surface area (Å²) in [6, 6.07) is 5.17. The molecule has 1 heterocycles. The molecule has 0 unspecified atom stereocenters. The number of amides is 1. The predicted octanol–water partition coefficient (Wildman–Crippen LogP) is 4.71. The zero-order chi connectivity index (χ0) is 17.0. The van der Waals surface area contributed by atoms with Crippen molar-refractivity contribution in [3.05, 3.63) is 64.4 Å². The maximum absolute atomic E-state index is 12.8. The SMILES string of the molecule is Cc1ccncc1NC(=O)/C=C/c1ccc(Cl)c(C(F)(F)F)c1. The molecule has 0 spiro atoms. The third kappa shape index (κ3) is 4.56. The summed E-state index contributed by atoms with van der Waals surface area (Å²) in [5, 5.41) is 2.22. The number of pyridine rings is 1. The highest BCUT2D eigenvalue weighted by atomic mass is 35.5. The molecular formula is C16H12ClF3N2O. The molecule has 0 aliphatic heterocycles. The number of aryl methyl sites for hydroxylation is 1. The van der Waals surface area contributed by atoms with Gasteiger partial charge in [-0.2, -0.15) is 13.2 Å². The van der Waals surface area contributed by atoms with Gasteiger partial charge in [-0.15, -0.1) is 0 Å². The van der Waals surface area contributed by atoms with Crippen LogP contribution in [-0.2, 0) is 11.0 Å². The van der Waals surface area contributed by atoms with E-state index in [1.165, 1.54) is 18.3 Å². The van der Waals surface area contributed by atoms with Gasteiger partial charge in [-0.3, -0.25) is 9.78 Å². The van der Waals surface area contributed by atoms with E-state index in [1.54, 1.807) is 19.2 Å². The molecule has 0 saturated heterocycles. The van der Waals surface area contributed by atoms with Crippen LogP contribution in [0.1, 0.15) is 16.7 Å². The average Bonchev–Trinajstić information content (AvgIpc) is 2.47. The fourth-order valence-electron chi connectivity index (χ4n) is 1.80. The number of rotatable bonds is 3. The number of halogens is 4. The first-order valence-electron chi connectivity index (χ1n) is 6.54. The van der Waals surface area contributed by atoms with E-state index in [9.17, 15) is 18.0 Å². The van der Waals surface area contributed by atoms with E-state index in [2.05, 4.69) is 10.3 Å². The second-order valence-electron chi connectivity index (χ2n) is 4.75. The second-order valence-corrected chi connectivity index (χ2v) is 5.16. The minimum atomic E-state index is -4.55. The maximum atomic E-state index is 12.8. The van der Waals surface area contributed by atoms with Crippen molar-refractivity contribution in [1.29, 1.82) is 0 Å². The molecule has 23 heavy (non-hydrogen) atoms. The molecule has 0 aliphatic rings. The van der Waals surface area contributed by atoms with Crippen molar-refractivity contribution in [2.24, 2.45) is 0 Å². The number of alkyl halides is 3. The van der Waals surface area contributed by atoms with Crippen molar-refractivity contribution in [3.8, 4) is 0 Å². The Hall–Kier alpha value is -2.34. The summed E-state index contributed by atoms with van der Waals surface area (Å²) in [6.07, 6.45) is 0.969. The number of aromatic nitrogens is 1. The van der Waals surface area contributed by atoms with Crippen LogP contribution in [0, 0.1) is 6.92 Å². The lowest BCUT2D eigenvalue weighted by molar-refractivity contribution is -0.137. The van der Waals surface area contributed by atoms with E-state index in [-0.39, 0.29) is 10.6 Å². The summed E-state index contributed by atoms with van der Waals surface area (Å²) in [5.74, 6) is -0.468. The maximum Gasteiger partial charge on any atom is 0.417 e. The number of carbonyl (C=O) groups excluding carboxylic acids is 1. The molecule has 1 aromatic carbocycles. The van der Waals surface area contributed by atoms with Crippen LogP contribution >= 0.6 is 11.6 Å². The van der Waals surface area contributed by atoms with E-state index in [0.29, 0.717) is 5.69 Å². The summed E-state index contributed by atoms with van der Waals surface area (Å²) in [5.41, 5.74) is 0.645. The van der Waals surface area contributed by atoms with Crippen LogP contribution in [0.15, 0.2) is 42.7 Å². The Morgan fingerprint density at radius 1 is 1.30 bits per heavy atom. The van der Waals surface area contributed by atoms with E-state index in [0.717, 1.165) is 23.8 Å². The van der Waals surface area contributed by atoms with Gasteiger partial charge < -0.3 is 5.32 Å². The van der Waals surface area contributed by atoms with Gasteiger partial charge in [0.2, 0.25) is 5.91 Å². The lowest BCUT2D eigenvalue weighted by atomic mass is 10.1. The lowest BCUT2D eigenvalue weighted by Crippen LogP contribution is -2.09. The number of benzene rings is 1. The summed E-state index contributed by atoms with van der Waals surface area (Å²) in [4.78, 5) is 15.7. The van der Waals surface area contributed by atoms with E-state index in [4.69, 9.17) is 11.6 Å². The quantitative estimate of drug-likeness (QED) is 0.822. The third-order valence-electron chi connectivity index (χ3n) is 3.02. The number of nitrogens with zero attached hydrogens (tertiary/aromatic N) is 1. The summed E-state index contributed by atoms with van der Waals surface area (Å²) >= 11 is 5.54. The van der Waals surface area contributed by atoms with Gasteiger partial charge in [0.15, 0.2) is 0 Å². The lowest BCUT2D eigenvalue weighted by Gasteiger charge is -2.09. The molecule has 0 atom stereocenters. The zero-order valence-electron chi connectivity index (χ0n) is 12.0. The van der Waals surface area contributed by atoms with Gasteiger partial charge in [0.05, 0.1) is 22.5 Å². The van der Waals surface area contributed by atoms with Gasteiger partial charge in [0, 0.05) is 12.3 Å². The van der Waals surface area contributed by atoms with Crippen molar-refractivity contribution < 1.29 is 18.0 Å². The Morgan fingerprint density at radius 3 is 2.70 bits per heavy atom. The van der Waals surface area contributed by atoms with Gasteiger partial charge in [-0.05, 0) is 42.3 Å². The minimum absolute atomic E-state index is 0.222. The molecule has 120 valence electrons. The molecule has 0 bridgehead atoms. The molecule has 2 aromatic rings. The zero-order valence-corrected chi connectivity index (χ0v) is 12.7. The highest BCUT2D eigenvalue weighted by molar-refractivity contribution is 6.31. The van der Waals surface area contributed by atoms with Crippen molar-refractivity contribution in [3.63, 3.8) is 0 Å². The van der Waals surface area contributed by atoms with Crippen LogP contribution in [0.4, 0.5) is 18.9 Å². The first-order valence-corrected chi connectivity index (χ1v) is 6.91. The standard InChI is InChI=1S/C16H12ClF3N2O/c1-10-6-7-21-9-14(10)22-15(23)5-3-11-2-4-13(17)12(8-11)16(18,19)20/h2-9H,1H3,(H,22,23)/b5-3+. The third-order valence-corrected chi connectivity index (χ3v) is 3.35. The minimum Gasteiger partial charge on any atom is -0.321 e. The monoisotopic (exact) mass is 340 g/mol. The van der Waals surface area contributed by atoms with Crippen molar-refractivity contribution in [1.82, 2.24) is 4.98 Å². The van der Waals surface area contributed by atoms with Crippen molar-refractivity contribution >= 4 is 29.3 Å². The molecule has 1 aromatic heterocycles. The van der Waals surface area contributed by atoms with E-state index in [1.807, 2.05) is 0 Å². The Morgan fingerprint density at radius 2 is 2.04 bits per heavy atom. The van der Waals surface area contributed by atoms with Crippen LogP contribution < -0.4 is 5.32 Å². The average molecular weight is 341 g/mol. The van der Waals surface area contributed by atoms with Gasteiger partial charge >= 0.3 is 6.18 Å². The van der Waals surface area contributed by atoms with Crippen molar-refractivity contribution in [2.75, 3.05) is 5.32 Å². The number of hydrogen-bond acceptors (Lipinski definition) is 2. The molecule has 7 heteroatoms. The molecule has 1 N–H and O–H groups in total. The smallest absolute Gasteiger partial charge is 0.321 e. The molecular weight excluding hydrogens is 329 g/mol. The predicted molar refractivity (Wildman–Crippen MR) is 83.1 cm³/mol. The van der Waals surface area contributed by atoms with Gasteiger partial charge in [-0.25, -0.2) is 0 Å². The Balaban J connectivity index is 2.14. The first kappa shape index (κ1) is 17.0. The highest BCUT2D eigenvalue weighted by Gasteiger charge is 2.33. The summed E-state index contributed by atoms with van der Waals surface area (Å²) < 4.78 is 38.3. The Bertz CT molecular complexity index is 757. The van der Waals surface area contributed by atoms with Crippen LogP contribution in [0.5, 0.6) is 0 Å². The number of hydrogen-bond donors (Lipinski definition) is 1. The topological polar surface area (TPSA) is 42.0 Å². The summed E-state index contributed by atoms with van der Waals surface area (Å²) in [6.45, 7) is 1.80. The molecule has 0 aliphatic carbocycles. The van der Waals surface area contributed by atoms with Crippen LogP contribution in [0.3, 0.4) is 0 Å². The Kier molecular flexibility index (Phi) is 5.05. The van der Waals surface area contributed by atoms with Crippen LogP contribution in [-0.4, -0.2) is 10.9 Å². The number of nitrogens with one attached hydrogen (secondary N) is 1. The second kappa shape index (κ2) is 6.83. The van der Waals surface area contributed by atoms with Crippen molar-refractivity contribution in [2.45, 2.75) is 13.1 Å². The first-order chi connectivity index (χ1) is 10.8. The highest BCUT2D eigenvalue weighted by Crippen LogP contribution is 2.35. The molecule has 0 fully saturated rings. The fraction of sp³-hybridized carbons (Fsp3) is 0.125. The fourth-order valence-corrected chi connectivity index (χ4v) is 2.03. The molecule has 0 radical (unpaired) electrons. The summed E-state index contributed by atoms with van der Waals surface area (Å²) in [7, 11) is 0. The van der Waals surface area contributed by atoms with E-state index >= 15 is 0 Å². The molecule has 0 saturated carbocycles. The number of anilines is 1. The van der Waals surface area contributed by atoms with Crippen LogP contribution in [0.25, 0.3) is 6.08 Å². The number of carbonyl (C=O) groups is 1. The van der Waals surface area contributed by atoms with E-state index < -0.39 is 17.6 Å². The largest absolute Gasteiger partial charge is 0.417 e. The molecule has 3 nitrogen and oxygen atoms in total. The van der Waals surface area contributed by atoms with Gasteiger partial charge in [0.1, 0.15) is 0 Å². The molecule has 1 amide bonds. The normalized spacial score (nSPS) is 11.7. The Labute approximate surface area is 135 Å².